The third-order valence-electron chi connectivity index (χ3n) is 6.09. The molecule has 3 atom stereocenters. The number of H-pyrrole nitrogens is 1. The van der Waals surface area contributed by atoms with Crippen LogP contribution in [0.15, 0.2) is 17.1 Å². The fraction of sp³-hybridized carbons (Fsp3) is 0.579. The van der Waals surface area contributed by atoms with Crippen LogP contribution < -0.4 is 10.9 Å². The number of urea groups is 1. The van der Waals surface area contributed by atoms with Gasteiger partial charge in [-0.25, -0.2) is 9.18 Å². The van der Waals surface area contributed by atoms with E-state index in [-0.39, 0.29) is 40.9 Å². The molecule has 8 nitrogen and oxygen atoms in total. The van der Waals surface area contributed by atoms with Gasteiger partial charge < -0.3 is 15.2 Å². The van der Waals surface area contributed by atoms with E-state index >= 15 is 0 Å². The largest absolute Gasteiger partial charge is 0.338 e. The molecule has 4 amide bonds. The van der Waals surface area contributed by atoms with Gasteiger partial charge in [-0.2, -0.15) is 0 Å². The van der Waals surface area contributed by atoms with Crippen LogP contribution in [0.3, 0.4) is 0 Å². The number of nitrogens with one attached hydrogen (secondary N) is 2. The van der Waals surface area contributed by atoms with Crippen molar-refractivity contribution in [3.63, 3.8) is 0 Å². The van der Waals surface area contributed by atoms with Gasteiger partial charge in [-0.05, 0) is 38.2 Å². The van der Waals surface area contributed by atoms with Crippen LogP contribution in [-0.2, 0) is 4.79 Å². The monoisotopic (exact) mass is 424 g/mol. The number of aromatic amines is 1. The standard InChI is InChI=1S/C19H22ClFN4O4/c20-14-7-10(9-22-16(14)26)17(27)24-5-3-12(4-6-24)25-18(28)13-8-11(21)1-2-15(13)23-19(25)29/h7,9,11-13,15H,1-6,8H2,(H,22,26)(H,23,29). The number of nitrogens with zero attached hydrogens (tertiary/aromatic N) is 2. The molecule has 3 fully saturated rings. The van der Waals surface area contributed by atoms with Crippen LogP contribution in [0, 0.1) is 5.92 Å². The number of rotatable bonds is 2. The molecule has 0 radical (unpaired) electrons. The molecule has 2 aliphatic heterocycles. The van der Waals surface area contributed by atoms with E-state index in [1.54, 1.807) is 4.90 Å². The SMILES string of the molecule is O=C(c1c[nH]c(=O)c(Cl)c1)N1CCC(N2C(=O)NC3CCC(F)CC3C2=O)CC1. The third-order valence-corrected chi connectivity index (χ3v) is 6.37. The molecule has 4 rings (SSSR count). The minimum Gasteiger partial charge on any atom is -0.338 e. The zero-order valence-electron chi connectivity index (χ0n) is 15.7. The second kappa shape index (κ2) is 7.78. The van der Waals surface area contributed by atoms with Crippen LogP contribution in [-0.4, -0.2) is 64.0 Å². The highest BCUT2D eigenvalue weighted by molar-refractivity contribution is 6.30. The van der Waals surface area contributed by atoms with Crippen LogP contribution in [0.25, 0.3) is 0 Å². The number of carbonyl (C=O) groups excluding carboxylic acids is 3. The highest BCUT2D eigenvalue weighted by Crippen LogP contribution is 2.33. The molecule has 3 unspecified atom stereocenters. The molecule has 3 aliphatic rings. The summed E-state index contributed by atoms with van der Waals surface area (Å²) in [7, 11) is 0. The van der Waals surface area contributed by atoms with Gasteiger partial charge in [-0.15, -0.1) is 0 Å². The number of halogens is 2. The van der Waals surface area contributed by atoms with Crippen molar-refractivity contribution in [2.45, 2.75) is 50.4 Å². The summed E-state index contributed by atoms with van der Waals surface area (Å²) in [4.78, 5) is 54.7. The predicted octanol–water partition coefficient (Wildman–Crippen LogP) is 1.69. The van der Waals surface area contributed by atoms with Crippen molar-refractivity contribution >= 4 is 29.4 Å². The number of aromatic nitrogens is 1. The molecule has 1 saturated carbocycles. The van der Waals surface area contributed by atoms with Crippen LogP contribution in [0.4, 0.5) is 9.18 Å². The lowest BCUT2D eigenvalue weighted by atomic mass is 9.80. The maximum absolute atomic E-state index is 13.8. The predicted molar refractivity (Wildman–Crippen MR) is 102 cm³/mol. The second-order valence-electron chi connectivity index (χ2n) is 7.87. The smallest absolute Gasteiger partial charge is 0.324 e. The summed E-state index contributed by atoms with van der Waals surface area (Å²) in [5.41, 5.74) is -0.188. The van der Waals surface area contributed by atoms with Gasteiger partial charge in [0.15, 0.2) is 0 Å². The maximum Gasteiger partial charge on any atom is 0.324 e. The molecule has 0 spiro atoms. The molecule has 10 heteroatoms. The van der Waals surface area contributed by atoms with Crippen LogP contribution >= 0.6 is 11.6 Å². The van der Waals surface area contributed by atoms with Gasteiger partial charge in [0.05, 0.1) is 11.5 Å². The third kappa shape index (κ3) is 3.75. The van der Waals surface area contributed by atoms with Crippen LogP contribution in [0.5, 0.6) is 0 Å². The van der Waals surface area contributed by atoms with Gasteiger partial charge in [-0.3, -0.25) is 19.3 Å². The Kier molecular flexibility index (Phi) is 5.33. The summed E-state index contributed by atoms with van der Waals surface area (Å²) < 4.78 is 13.8. The summed E-state index contributed by atoms with van der Waals surface area (Å²) >= 11 is 5.79. The van der Waals surface area contributed by atoms with E-state index in [2.05, 4.69) is 10.3 Å². The molecule has 156 valence electrons. The van der Waals surface area contributed by atoms with Crippen molar-refractivity contribution in [3.8, 4) is 0 Å². The van der Waals surface area contributed by atoms with Crippen molar-refractivity contribution in [2.24, 2.45) is 5.92 Å². The fourth-order valence-corrected chi connectivity index (χ4v) is 4.68. The van der Waals surface area contributed by atoms with Crippen molar-refractivity contribution < 1.29 is 18.8 Å². The molecule has 1 aromatic rings. The van der Waals surface area contributed by atoms with Crippen molar-refractivity contribution in [1.82, 2.24) is 20.1 Å². The van der Waals surface area contributed by atoms with Gasteiger partial charge >= 0.3 is 6.03 Å². The van der Waals surface area contributed by atoms with E-state index in [0.29, 0.717) is 38.8 Å². The Morgan fingerprint density at radius 1 is 1.14 bits per heavy atom. The first-order chi connectivity index (χ1) is 13.8. The average Bonchev–Trinajstić information content (AvgIpc) is 2.71. The van der Waals surface area contributed by atoms with E-state index in [0.717, 1.165) is 0 Å². The lowest BCUT2D eigenvalue weighted by Gasteiger charge is -2.45. The van der Waals surface area contributed by atoms with E-state index in [9.17, 15) is 23.6 Å². The highest BCUT2D eigenvalue weighted by Gasteiger charge is 2.47. The number of hydrogen-bond donors (Lipinski definition) is 2. The molecule has 1 aromatic heterocycles. The average molecular weight is 425 g/mol. The Balaban J connectivity index is 1.41. The van der Waals surface area contributed by atoms with Gasteiger partial charge in [0.25, 0.3) is 11.5 Å². The van der Waals surface area contributed by atoms with Gasteiger partial charge in [0, 0.05) is 31.4 Å². The Morgan fingerprint density at radius 3 is 2.55 bits per heavy atom. The number of hydrogen-bond acceptors (Lipinski definition) is 4. The molecule has 1 aliphatic carbocycles. The minimum absolute atomic E-state index is 0.0606. The van der Waals surface area contributed by atoms with E-state index in [1.165, 1.54) is 17.2 Å². The van der Waals surface area contributed by atoms with Gasteiger partial charge in [-0.1, -0.05) is 11.6 Å². The lowest BCUT2D eigenvalue weighted by molar-refractivity contribution is -0.140. The van der Waals surface area contributed by atoms with E-state index in [1.807, 2.05) is 0 Å². The molecule has 29 heavy (non-hydrogen) atoms. The molecule has 0 bridgehead atoms. The molecular weight excluding hydrogens is 403 g/mol. The maximum atomic E-state index is 13.8. The fourth-order valence-electron chi connectivity index (χ4n) is 4.51. The number of pyridine rings is 1. The Morgan fingerprint density at radius 2 is 1.86 bits per heavy atom. The number of fused-ring (bicyclic) bond motifs is 1. The van der Waals surface area contributed by atoms with Crippen molar-refractivity contribution in [2.75, 3.05) is 13.1 Å². The van der Waals surface area contributed by atoms with Gasteiger partial charge in [0.2, 0.25) is 5.91 Å². The molecule has 2 saturated heterocycles. The van der Waals surface area contributed by atoms with Crippen LogP contribution in [0.1, 0.15) is 42.5 Å². The molecule has 0 aromatic carbocycles. The summed E-state index contributed by atoms with van der Waals surface area (Å²) in [6.45, 7) is 0.717. The molecular formula is C19H22ClFN4O4. The van der Waals surface area contributed by atoms with E-state index < -0.39 is 23.7 Å². The summed E-state index contributed by atoms with van der Waals surface area (Å²) in [5.74, 6) is -1.10. The molecule has 2 N–H and O–H groups in total. The topological polar surface area (TPSA) is 103 Å². The number of carbonyl (C=O) groups is 3. The van der Waals surface area contributed by atoms with Crippen molar-refractivity contribution in [3.05, 3.63) is 33.2 Å². The summed E-state index contributed by atoms with van der Waals surface area (Å²) in [6, 6.07) is 0.287. The Hall–Kier alpha value is -2.42. The number of amides is 4. The summed E-state index contributed by atoms with van der Waals surface area (Å²) in [5, 5.41) is 2.80. The minimum atomic E-state index is -1.01. The quantitative estimate of drug-likeness (QED) is 0.754. The number of piperidine rings is 1. The number of imide groups is 1. The first-order valence-corrected chi connectivity index (χ1v) is 10.2. The van der Waals surface area contributed by atoms with Crippen molar-refractivity contribution in [1.29, 1.82) is 0 Å². The highest BCUT2D eigenvalue weighted by atomic mass is 35.5. The zero-order chi connectivity index (χ0) is 20.7. The molecule has 3 heterocycles. The van der Waals surface area contributed by atoms with Crippen LogP contribution in [0.2, 0.25) is 5.02 Å². The number of likely N-dealkylation sites (tertiary alicyclic amines) is 1. The Bertz CT molecular complexity index is 898. The normalized spacial score (nSPS) is 28.1. The van der Waals surface area contributed by atoms with Gasteiger partial charge in [0.1, 0.15) is 11.2 Å². The van der Waals surface area contributed by atoms with E-state index in [4.69, 9.17) is 11.6 Å². The lowest BCUT2D eigenvalue weighted by Crippen LogP contribution is -2.65. The second-order valence-corrected chi connectivity index (χ2v) is 8.28. The first kappa shape index (κ1) is 19.9. The zero-order valence-corrected chi connectivity index (χ0v) is 16.5. The number of alkyl halides is 1. The Labute approximate surface area is 171 Å². The first-order valence-electron chi connectivity index (χ1n) is 9.80. The summed E-state index contributed by atoms with van der Waals surface area (Å²) in [6.07, 6.45) is 2.18.